The first-order chi connectivity index (χ1) is 8.75. The van der Waals surface area contributed by atoms with Gasteiger partial charge in [0.1, 0.15) is 0 Å². The second-order valence-corrected chi connectivity index (χ2v) is 7.57. The van der Waals surface area contributed by atoms with Crippen molar-refractivity contribution in [3.63, 3.8) is 0 Å². The van der Waals surface area contributed by atoms with E-state index in [0.29, 0.717) is 16.7 Å². The molecule has 0 saturated heterocycles. The Labute approximate surface area is 123 Å². The Morgan fingerprint density at radius 3 is 2.37 bits per heavy atom. The van der Waals surface area contributed by atoms with Crippen LogP contribution < -0.4 is 5.73 Å². The van der Waals surface area contributed by atoms with Gasteiger partial charge in [0, 0.05) is 23.8 Å². The monoisotopic (exact) mass is 349 g/mol. The van der Waals surface area contributed by atoms with Gasteiger partial charge in [-0.1, -0.05) is 0 Å². The van der Waals surface area contributed by atoms with Crippen molar-refractivity contribution in [1.29, 1.82) is 0 Å². The van der Waals surface area contributed by atoms with Crippen LogP contribution in [-0.2, 0) is 10.0 Å². The summed E-state index contributed by atoms with van der Waals surface area (Å²) in [6, 6.07) is 4.68. The van der Waals surface area contributed by atoms with Crippen molar-refractivity contribution in [3.05, 3.63) is 22.7 Å². The first-order valence-corrected chi connectivity index (χ1v) is 8.14. The first-order valence-electron chi connectivity index (χ1n) is 5.91. The Hall–Kier alpha value is -0.630. The third-order valence-electron chi connectivity index (χ3n) is 2.75. The van der Waals surface area contributed by atoms with Crippen LogP contribution in [0.2, 0.25) is 0 Å². The van der Waals surface area contributed by atoms with Gasteiger partial charge in [0.25, 0.3) is 0 Å². The van der Waals surface area contributed by atoms with E-state index in [1.165, 1.54) is 10.4 Å². The third kappa shape index (κ3) is 4.45. The summed E-state index contributed by atoms with van der Waals surface area (Å²) in [6.07, 6.45) is 0.786. The smallest absolute Gasteiger partial charge is 0.242 e. The van der Waals surface area contributed by atoms with Crippen LogP contribution in [0.5, 0.6) is 0 Å². The van der Waals surface area contributed by atoms with Crippen molar-refractivity contribution in [2.45, 2.75) is 11.3 Å². The zero-order valence-corrected chi connectivity index (χ0v) is 13.8. The molecule has 2 N–H and O–H groups in total. The van der Waals surface area contributed by atoms with Crippen molar-refractivity contribution >= 4 is 31.6 Å². The molecule has 0 aromatic heterocycles. The SMILES string of the molecule is CN(C)CCCN(C)S(=O)(=O)c1ccc(Br)c(N)c1. The molecule has 0 spiro atoms. The summed E-state index contributed by atoms with van der Waals surface area (Å²) in [5.41, 5.74) is 6.14. The summed E-state index contributed by atoms with van der Waals surface area (Å²) in [5, 5.41) is 0. The minimum Gasteiger partial charge on any atom is -0.398 e. The van der Waals surface area contributed by atoms with E-state index in [-0.39, 0.29) is 4.90 Å². The van der Waals surface area contributed by atoms with Gasteiger partial charge in [-0.3, -0.25) is 0 Å². The molecule has 0 aliphatic carbocycles. The van der Waals surface area contributed by atoms with Crippen molar-refractivity contribution in [3.8, 4) is 0 Å². The van der Waals surface area contributed by atoms with Gasteiger partial charge in [-0.05, 0) is 61.2 Å². The number of anilines is 1. The predicted molar refractivity (Wildman–Crippen MR) is 81.5 cm³/mol. The zero-order chi connectivity index (χ0) is 14.6. The van der Waals surface area contributed by atoms with Crippen LogP contribution in [0.4, 0.5) is 5.69 Å². The fourth-order valence-corrected chi connectivity index (χ4v) is 3.08. The molecule has 0 atom stereocenters. The highest BCUT2D eigenvalue weighted by atomic mass is 79.9. The maximum Gasteiger partial charge on any atom is 0.242 e. The normalized spacial score (nSPS) is 12.3. The van der Waals surface area contributed by atoms with Crippen LogP contribution in [0.25, 0.3) is 0 Å². The molecule has 19 heavy (non-hydrogen) atoms. The van der Waals surface area contributed by atoms with Gasteiger partial charge < -0.3 is 10.6 Å². The van der Waals surface area contributed by atoms with E-state index in [9.17, 15) is 8.42 Å². The number of nitrogens with two attached hydrogens (primary N) is 1. The first kappa shape index (κ1) is 16.4. The lowest BCUT2D eigenvalue weighted by molar-refractivity contribution is 0.370. The molecule has 108 valence electrons. The van der Waals surface area contributed by atoms with Crippen LogP contribution in [0, 0.1) is 0 Å². The Balaban J connectivity index is 2.81. The Morgan fingerprint density at radius 2 is 1.84 bits per heavy atom. The summed E-state index contributed by atoms with van der Waals surface area (Å²) >= 11 is 3.25. The van der Waals surface area contributed by atoms with E-state index in [0.717, 1.165) is 13.0 Å². The second kappa shape index (κ2) is 6.69. The molecule has 0 fully saturated rings. The predicted octanol–water partition coefficient (Wildman–Crippen LogP) is 1.60. The highest BCUT2D eigenvalue weighted by Gasteiger charge is 2.20. The van der Waals surface area contributed by atoms with E-state index in [1.54, 1.807) is 19.2 Å². The maximum absolute atomic E-state index is 12.3. The van der Waals surface area contributed by atoms with Crippen LogP contribution in [0.3, 0.4) is 0 Å². The summed E-state index contributed by atoms with van der Waals surface area (Å²) in [6.45, 7) is 1.33. The summed E-state index contributed by atoms with van der Waals surface area (Å²) in [4.78, 5) is 2.25. The Morgan fingerprint density at radius 1 is 1.21 bits per heavy atom. The molecule has 0 amide bonds. The van der Waals surface area contributed by atoms with E-state index in [2.05, 4.69) is 15.9 Å². The van der Waals surface area contributed by atoms with E-state index < -0.39 is 10.0 Å². The van der Waals surface area contributed by atoms with Gasteiger partial charge in [-0.2, -0.15) is 0 Å². The maximum atomic E-state index is 12.3. The summed E-state index contributed by atoms with van der Waals surface area (Å²) < 4.78 is 26.7. The van der Waals surface area contributed by atoms with E-state index in [1.807, 2.05) is 19.0 Å². The van der Waals surface area contributed by atoms with Crippen LogP contribution >= 0.6 is 15.9 Å². The fourth-order valence-electron chi connectivity index (χ4n) is 1.59. The average molecular weight is 350 g/mol. The van der Waals surface area contributed by atoms with Crippen LogP contribution in [0.15, 0.2) is 27.6 Å². The van der Waals surface area contributed by atoms with Gasteiger partial charge in [0.15, 0.2) is 0 Å². The van der Waals surface area contributed by atoms with Gasteiger partial charge in [0.05, 0.1) is 4.90 Å². The molecule has 0 aliphatic rings. The highest BCUT2D eigenvalue weighted by Crippen LogP contribution is 2.24. The fraction of sp³-hybridized carbons (Fsp3) is 0.500. The zero-order valence-electron chi connectivity index (χ0n) is 11.4. The molecular weight excluding hydrogens is 330 g/mol. The van der Waals surface area contributed by atoms with Gasteiger partial charge in [-0.15, -0.1) is 0 Å². The van der Waals surface area contributed by atoms with Gasteiger partial charge >= 0.3 is 0 Å². The molecule has 0 saturated carbocycles. The van der Waals surface area contributed by atoms with Gasteiger partial charge in [0.2, 0.25) is 10.0 Å². The quantitative estimate of drug-likeness (QED) is 0.792. The Bertz CT molecular complexity index is 532. The third-order valence-corrected chi connectivity index (χ3v) is 5.33. The Kier molecular flexibility index (Phi) is 5.79. The highest BCUT2D eigenvalue weighted by molar-refractivity contribution is 9.10. The number of nitrogens with zero attached hydrogens (tertiary/aromatic N) is 2. The molecule has 1 rings (SSSR count). The number of benzene rings is 1. The minimum atomic E-state index is -3.46. The molecule has 0 radical (unpaired) electrons. The van der Waals surface area contributed by atoms with E-state index in [4.69, 9.17) is 5.73 Å². The standard InChI is InChI=1S/C12H20BrN3O2S/c1-15(2)7-4-8-16(3)19(17,18)10-5-6-11(13)12(14)9-10/h5-6,9H,4,7-8,14H2,1-3H3. The van der Waals surface area contributed by atoms with Crippen molar-refractivity contribution in [1.82, 2.24) is 9.21 Å². The van der Waals surface area contributed by atoms with Gasteiger partial charge in [-0.25, -0.2) is 12.7 Å². The lowest BCUT2D eigenvalue weighted by Gasteiger charge is -2.18. The second-order valence-electron chi connectivity index (χ2n) is 4.67. The number of nitrogen functional groups attached to an aromatic ring is 1. The number of sulfonamides is 1. The van der Waals surface area contributed by atoms with E-state index >= 15 is 0 Å². The number of hydrogen-bond donors (Lipinski definition) is 1. The average Bonchev–Trinajstić information content (AvgIpc) is 2.31. The molecule has 0 heterocycles. The molecule has 0 bridgehead atoms. The molecule has 1 aromatic rings. The number of halogens is 1. The molecular formula is C12H20BrN3O2S. The topological polar surface area (TPSA) is 66.6 Å². The summed E-state index contributed by atoms with van der Waals surface area (Å²) in [7, 11) is 2.05. The lowest BCUT2D eigenvalue weighted by Crippen LogP contribution is -2.30. The molecule has 5 nitrogen and oxygen atoms in total. The van der Waals surface area contributed by atoms with Crippen molar-refractivity contribution < 1.29 is 8.42 Å². The molecule has 1 aromatic carbocycles. The number of hydrogen-bond acceptors (Lipinski definition) is 4. The number of rotatable bonds is 6. The minimum absolute atomic E-state index is 0.223. The molecule has 0 unspecified atom stereocenters. The molecule has 7 heteroatoms. The summed E-state index contributed by atoms with van der Waals surface area (Å²) in [5.74, 6) is 0. The van der Waals surface area contributed by atoms with Crippen LogP contribution in [0.1, 0.15) is 6.42 Å². The van der Waals surface area contributed by atoms with Crippen molar-refractivity contribution in [2.24, 2.45) is 0 Å². The largest absolute Gasteiger partial charge is 0.398 e. The lowest BCUT2D eigenvalue weighted by atomic mass is 10.3. The van der Waals surface area contributed by atoms with Crippen molar-refractivity contribution in [2.75, 3.05) is 40.0 Å². The van der Waals surface area contributed by atoms with Crippen LogP contribution in [-0.4, -0.2) is 51.9 Å². The molecule has 0 aliphatic heterocycles.